The second kappa shape index (κ2) is 8.06. The Balaban J connectivity index is 1.77. The summed E-state index contributed by atoms with van der Waals surface area (Å²) in [5, 5.41) is 21.9. The number of nitrogens with zero attached hydrogens (tertiary/aromatic N) is 1. The van der Waals surface area contributed by atoms with E-state index in [0.717, 1.165) is 0 Å². The van der Waals surface area contributed by atoms with E-state index in [4.69, 9.17) is 14.1 Å². The zero-order chi connectivity index (χ0) is 21.2. The Morgan fingerprint density at radius 1 is 1.21 bits per heavy atom. The number of benzene rings is 2. The number of ether oxygens (including phenoxy) is 2. The summed E-state index contributed by atoms with van der Waals surface area (Å²) in [6.07, 6.45) is -2.16. The largest absolute Gasteiger partial charge is 0.594 e. The summed E-state index contributed by atoms with van der Waals surface area (Å²) in [5.74, 6) is 0.491. The second-order valence-corrected chi connectivity index (χ2v) is 9.18. The van der Waals surface area contributed by atoms with Crippen molar-refractivity contribution in [3.63, 3.8) is 0 Å². The average Bonchev–Trinajstić information content (AvgIpc) is 2.88. The van der Waals surface area contributed by atoms with Crippen molar-refractivity contribution in [2.75, 3.05) is 5.75 Å². The number of hydrogen-bond acceptors (Lipinski definition) is 7. The highest BCUT2D eigenvalue weighted by Crippen LogP contribution is 2.29. The summed E-state index contributed by atoms with van der Waals surface area (Å²) in [6.45, 7) is 4.82. The van der Waals surface area contributed by atoms with Crippen molar-refractivity contribution >= 4 is 28.7 Å². The maximum absolute atomic E-state index is 12.3. The molecule has 0 spiro atoms. The monoisotopic (exact) mass is 418 g/mol. The van der Waals surface area contributed by atoms with Gasteiger partial charge in [-0.3, -0.25) is 0 Å². The topological polar surface area (TPSA) is 117 Å². The molecule has 1 N–H and O–H groups in total. The van der Waals surface area contributed by atoms with Gasteiger partial charge < -0.3 is 24.3 Å². The fraction of sp³-hybridized carbons (Fsp3) is 0.316. The molecule has 0 aliphatic carbocycles. The van der Waals surface area contributed by atoms with Gasteiger partial charge in [-0.05, 0) is 35.3 Å². The van der Waals surface area contributed by atoms with Crippen molar-refractivity contribution in [2.45, 2.75) is 32.5 Å². The van der Waals surface area contributed by atoms with Crippen molar-refractivity contribution in [3.05, 3.63) is 54.1 Å². The summed E-state index contributed by atoms with van der Waals surface area (Å²) in [4.78, 5) is 0. The van der Waals surface area contributed by atoms with E-state index in [1.807, 2.05) is 18.2 Å². The number of sulfonamides is 1. The maximum Gasteiger partial charge on any atom is 0.492 e. The molecular weight excluding hydrogens is 397 g/mol. The highest BCUT2D eigenvalue weighted by molar-refractivity contribution is 7.90. The van der Waals surface area contributed by atoms with Gasteiger partial charge in [0, 0.05) is 5.60 Å². The minimum Gasteiger partial charge on any atom is -0.594 e. The molecule has 0 bridgehead atoms. The Labute approximate surface area is 170 Å². The molecule has 0 saturated carbocycles. The first-order valence-electron chi connectivity index (χ1n) is 8.91. The number of hydrogen-bond donors (Lipinski definition) is 1. The van der Waals surface area contributed by atoms with E-state index in [0.29, 0.717) is 22.5 Å². The Morgan fingerprint density at radius 3 is 2.55 bits per heavy atom. The molecule has 2 aromatic rings. The molecule has 1 aliphatic rings. The lowest BCUT2D eigenvalue weighted by atomic mass is 9.79. The first-order valence-corrected chi connectivity index (χ1v) is 10.5. The third-order valence-electron chi connectivity index (χ3n) is 3.91. The molecule has 154 valence electrons. The quantitative estimate of drug-likeness (QED) is 0.439. The van der Waals surface area contributed by atoms with Gasteiger partial charge in [0.2, 0.25) is 0 Å². The third kappa shape index (κ3) is 5.72. The van der Waals surface area contributed by atoms with Gasteiger partial charge in [0.1, 0.15) is 17.3 Å². The van der Waals surface area contributed by atoms with Gasteiger partial charge >= 0.3 is 7.12 Å². The molecule has 0 amide bonds. The summed E-state index contributed by atoms with van der Waals surface area (Å²) in [7, 11) is -5.49. The molecule has 8 nitrogen and oxygen atoms in total. The molecule has 0 aromatic heterocycles. The molecule has 29 heavy (non-hydrogen) atoms. The van der Waals surface area contributed by atoms with Crippen LogP contribution in [-0.4, -0.2) is 38.0 Å². The predicted molar refractivity (Wildman–Crippen MR) is 106 cm³/mol. The highest BCUT2D eigenvalue weighted by atomic mass is 32.2. The Kier molecular flexibility index (Phi) is 5.88. The van der Waals surface area contributed by atoms with Gasteiger partial charge in [-0.15, -0.1) is 4.40 Å². The summed E-state index contributed by atoms with van der Waals surface area (Å²) < 4.78 is 43.7. The van der Waals surface area contributed by atoms with Crippen LogP contribution in [-0.2, 0) is 19.4 Å². The van der Waals surface area contributed by atoms with Crippen LogP contribution in [0.3, 0.4) is 0 Å². The van der Waals surface area contributed by atoms with E-state index >= 15 is 0 Å². The fourth-order valence-corrected chi connectivity index (χ4v) is 3.78. The molecule has 2 aromatic carbocycles. The molecule has 0 fully saturated rings. The van der Waals surface area contributed by atoms with E-state index in [2.05, 4.69) is 4.40 Å². The standard InChI is InChI=1S/C19H22BNO7S/c1-19(2,3)27-18(22)21-29(24,25)12-17-15-10-9-14(11-16(15)20(23)28-17)26-13-7-5-4-6-8-13/h4-11,17,23H,12H2,1-3H3,(H,21,22)/p-1. The second-order valence-electron chi connectivity index (χ2n) is 7.50. The molecule has 0 radical (unpaired) electrons. The molecule has 10 heteroatoms. The summed E-state index contributed by atoms with van der Waals surface area (Å²) in [6, 6.07) is 14.0. The van der Waals surface area contributed by atoms with Crippen LogP contribution in [0.1, 0.15) is 32.4 Å². The summed E-state index contributed by atoms with van der Waals surface area (Å²) in [5.41, 5.74) is 0.0227. The van der Waals surface area contributed by atoms with Crippen LogP contribution in [0.4, 0.5) is 0 Å². The molecule has 3 rings (SSSR count). The van der Waals surface area contributed by atoms with Gasteiger partial charge in [-0.2, -0.15) is 0 Å². The van der Waals surface area contributed by atoms with Gasteiger partial charge in [0.05, 0.1) is 6.10 Å². The van der Waals surface area contributed by atoms with Crippen molar-refractivity contribution in [2.24, 2.45) is 4.40 Å². The fourth-order valence-electron chi connectivity index (χ4n) is 2.80. The number of fused-ring (bicyclic) bond motifs is 1. The minimum atomic E-state index is -4.18. The lowest BCUT2D eigenvalue weighted by Gasteiger charge is -2.29. The average molecular weight is 418 g/mol. The molecule has 0 saturated heterocycles. The van der Waals surface area contributed by atoms with Crippen LogP contribution >= 0.6 is 0 Å². The van der Waals surface area contributed by atoms with Gasteiger partial charge in [0.15, 0.2) is 6.08 Å². The van der Waals surface area contributed by atoms with Gasteiger partial charge in [0.25, 0.3) is 10.0 Å². The van der Waals surface area contributed by atoms with Crippen LogP contribution in [0.15, 0.2) is 52.9 Å². The molecule has 1 aliphatic heterocycles. The zero-order valence-corrected chi connectivity index (χ0v) is 17.0. The Hall–Kier alpha value is -2.56. The molecule has 1 heterocycles. The van der Waals surface area contributed by atoms with Crippen LogP contribution in [0.25, 0.3) is 0 Å². The van der Waals surface area contributed by atoms with Gasteiger partial charge in [-0.25, -0.2) is 8.42 Å². The van der Waals surface area contributed by atoms with Crippen molar-refractivity contribution in [1.29, 1.82) is 0 Å². The van der Waals surface area contributed by atoms with E-state index < -0.39 is 40.7 Å². The smallest absolute Gasteiger partial charge is 0.492 e. The predicted octanol–water partition coefficient (Wildman–Crippen LogP) is 1.10. The van der Waals surface area contributed by atoms with E-state index in [1.165, 1.54) is 0 Å². The van der Waals surface area contributed by atoms with Crippen LogP contribution in [0.5, 0.6) is 11.5 Å². The lowest BCUT2D eigenvalue weighted by molar-refractivity contribution is -0.259. The van der Waals surface area contributed by atoms with E-state index in [9.17, 15) is 18.5 Å². The van der Waals surface area contributed by atoms with Crippen LogP contribution in [0.2, 0.25) is 0 Å². The SMILES string of the molecule is CC(C)(C)OC([O-])=NS(=O)(=O)CC1OB(O)c2cc(Oc3ccccc3)ccc21. The first-order chi connectivity index (χ1) is 13.5. The van der Waals surface area contributed by atoms with Crippen molar-refractivity contribution in [3.8, 4) is 11.5 Å². The highest BCUT2D eigenvalue weighted by Gasteiger charge is 2.37. The first kappa shape index (κ1) is 21.2. The maximum atomic E-state index is 12.3. The van der Waals surface area contributed by atoms with Crippen LogP contribution < -0.4 is 15.3 Å². The number of para-hydroxylation sites is 1. The molecule has 1 atom stereocenters. The van der Waals surface area contributed by atoms with E-state index in [1.54, 1.807) is 51.1 Å². The summed E-state index contributed by atoms with van der Waals surface area (Å²) >= 11 is 0. The van der Waals surface area contributed by atoms with Gasteiger partial charge in [-0.1, -0.05) is 45.0 Å². The minimum absolute atomic E-state index is 0.399. The Morgan fingerprint density at radius 2 is 1.90 bits per heavy atom. The third-order valence-corrected chi connectivity index (χ3v) is 5.06. The van der Waals surface area contributed by atoms with Crippen LogP contribution in [0, 0.1) is 0 Å². The zero-order valence-electron chi connectivity index (χ0n) is 16.2. The van der Waals surface area contributed by atoms with Crippen molar-refractivity contribution < 1.29 is 32.7 Å². The van der Waals surface area contributed by atoms with Crippen molar-refractivity contribution in [1.82, 2.24) is 0 Å². The Bertz CT molecular complexity index is 1000. The lowest BCUT2D eigenvalue weighted by Crippen LogP contribution is -2.33. The number of rotatable bonds is 5. The normalized spacial score (nSPS) is 17.2. The molecular formula is C19H21BNO7S-. The molecule has 1 unspecified atom stereocenters. The van der Waals surface area contributed by atoms with E-state index in [-0.39, 0.29) is 0 Å².